The zero-order valence-corrected chi connectivity index (χ0v) is 16.6. The third kappa shape index (κ3) is 5.40. The molecule has 2 aliphatic heterocycles. The molecule has 2 rings (SSSR count). The minimum absolute atomic E-state index is 0.419. The first-order valence-corrected chi connectivity index (χ1v) is 9.31. The molecule has 10 N–H and O–H groups in total. The highest BCUT2D eigenvalue weighted by atomic mass is 16.8. The maximum atomic E-state index is 12.0. The van der Waals surface area contributed by atoms with Crippen molar-refractivity contribution in [1.82, 2.24) is 4.90 Å². The fourth-order valence-corrected chi connectivity index (χ4v) is 3.12. The van der Waals surface area contributed by atoms with E-state index >= 15 is 0 Å². The van der Waals surface area contributed by atoms with E-state index in [-0.39, 0.29) is 0 Å². The van der Waals surface area contributed by atoms with Crippen molar-refractivity contribution < 1.29 is 59.5 Å². The lowest BCUT2D eigenvalue weighted by Crippen LogP contribution is -2.63. The van der Waals surface area contributed by atoms with Gasteiger partial charge in [-0.15, -0.1) is 0 Å². The summed E-state index contributed by atoms with van der Waals surface area (Å²) in [5, 5.41) is 76.5. The summed E-state index contributed by atoms with van der Waals surface area (Å²) in [6, 6.07) is 0. The van der Waals surface area contributed by atoms with E-state index in [1.165, 1.54) is 7.05 Å². The van der Waals surface area contributed by atoms with Gasteiger partial charge in [-0.1, -0.05) is 0 Å². The van der Waals surface area contributed by atoms with Gasteiger partial charge in [0.25, 0.3) is 0 Å². The first-order valence-electron chi connectivity index (χ1n) is 9.31. The third-order valence-electron chi connectivity index (χ3n) is 5.06. The molecular formula is C16H29N3O12. The molecule has 0 radical (unpaired) electrons. The van der Waals surface area contributed by atoms with Crippen molar-refractivity contribution >= 4 is 11.9 Å². The summed E-state index contributed by atoms with van der Waals surface area (Å²) < 4.78 is 21.1. The molecule has 2 heterocycles. The lowest BCUT2D eigenvalue weighted by atomic mass is 9.99. The minimum atomic E-state index is -2.36. The molecule has 0 aromatic heterocycles. The molecule has 0 bridgehead atoms. The van der Waals surface area contributed by atoms with Gasteiger partial charge in [0.05, 0.1) is 13.2 Å². The Kier molecular flexibility index (Phi) is 8.51. The van der Waals surface area contributed by atoms with Crippen molar-refractivity contribution in [3.05, 3.63) is 0 Å². The maximum absolute atomic E-state index is 12.0. The fraction of sp³-hybridized carbons (Fsp3) is 0.875. The molecular weight excluding hydrogens is 426 g/mol. The van der Waals surface area contributed by atoms with E-state index in [0.717, 1.165) is 4.90 Å². The Morgan fingerprint density at radius 2 is 1.68 bits per heavy atom. The van der Waals surface area contributed by atoms with Crippen LogP contribution in [0.3, 0.4) is 0 Å². The fourth-order valence-electron chi connectivity index (χ4n) is 3.12. The number of hydrogen-bond acceptors (Lipinski definition) is 13. The second kappa shape index (κ2) is 10.3. The lowest BCUT2D eigenvalue weighted by Gasteiger charge is -2.43. The van der Waals surface area contributed by atoms with E-state index in [0.29, 0.717) is 0 Å². The number of likely N-dealkylation sites (N-methyl/N-ethyl adjacent to an activating group) is 1. The van der Waals surface area contributed by atoms with Gasteiger partial charge < -0.3 is 65.3 Å². The van der Waals surface area contributed by atoms with Crippen LogP contribution in [-0.4, -0.2) is 141 Å². The number of nitrogens with zero attached hydrogens (tertiary/aromatic N) is 1. The molecule has 0 aliphatic carbocycles. The number of ether oxygens (including phenoxy) is 4. The van der Waals surface area contributed by atoms with Crippen LogP contribution in [0.2, 0.25) is 0 Å². The molecule has 15 nitrogen and oxygen atoms in total. The van der Waals surface area contributed by atoms with Crippen LogP contribution < -0.4 is 5.73 Å². The van der Waals surface area contributed by atoms with Gasteiger partial charge in [0.1, 0.15) is 55.9 Å². The summed E-state index contributed by atoms with van der Waals surface area (Å²) in [6.45, 7) is -2.82. The number of aliphatic hydroxyl groups excluding tert-OH is 7. The summed E-state index contributed by atoms with van der Waals surface area (Å²) >= 11 is 0. The summed E-state index contributed by atoms with van der Waals surface area (Å²) in [5.74, 6) is -3.70. The Hall–Kier alpha value is -1.66. The minimum Gasteiger partial charge on any atom is -0.459 e. The van der Waals surface area contributed by atoms with Crippen LogP contribution in [-0.2, 0) is 23.7 Å². The predicted molar refractivity (Wildman–Crippen MR) is 97.1 cm³/mol. The molecule has 31 heavy (non-hydrogen) atoms. The van der Waals surface area contributed by atoms with Crippen LogP contribution in [0.1, 0.15) is 0 Å². The Bertz CT molecular complexity index is 639. The molecule has 2 aliphatic rings. The Labute approximate surface area is 176 Å². The highest BCUT2D eigenvalue weighted by Gasteiger charge is 2.59. The Balaban J connectivity index is 2.21. The average Bonchev–Trinajstić information content (AvgIpc) is 2.97. The van der Waals surface area contributed by atoms with Gasteiger partial charge in [-0.05, 0) is 0 Å². The van der Waals surface area contributed by atoms with Gasteiger partial charge in [-0.2, -0.15) is 0 Å². The van der Waals surface area contributed by atoms with Crippen molar-refractivity contribution in [3.8, 4) is 0 Å². The van der Waals surface area contributed by atoms with Gasteiger partial charge in [0.15, 0.2) is 12.2 Å². The van der Waals surface area contributed by atoms with E-state index < -0.39 is 93.1 Å². The molecule has 0 aromatic rings. The van der Waals surface area contributed by atoms with Crippen molar-refractivity contribution in [2.75, 3.05) is 33.4 Å². The van der Waals surface area contributed by atoms with Gasteiger partial charge in [-0.3, -0.25) is 10.2 Å². The second-order valence-corrected chi connectivity index (χ2v) is 7.30. The largest absolute Gasteiger partial charge is 0.459 e. The molecule has 0 aromatic carbocycles. The van der Waals surface area contributed by atoms with E-state index in [1.807, 2.05) is 0 Å². The SMILES string of the molecule is CN(CC(=O)OC[C@@]1(O[C@H]2O[C@H](CO)[C@@H](O)[C@H](O)[C@H]2O)O[C@H](CO)[C@@H](O)[C@@H]1O)C(=N)N. The van der Waals surface area contributed by atoms with E-state index in [4.69, 9.17) is 30.1 Å². The zero-order chi connectivity index (χ0) is 23.5. The number of rotatable bonds is 8. The molecule has 0 amide bonds. The van der Waals surface area contributed by atoms with Crippen molar-refractivity contribution in [1.29, 1.82) is 5.41 Å². The third-order valence-corrected chi connectivity index (χ3v) is 5.06. The topological polar surface area (TPSA) is 249 Å². The van der Waals surface area contributed by atoms with Crippen LogP contribution in [0.15, 0.2) is 0 Å². The Morgan fingerprint density at radius 1 is 1.06 bits per heavy atom. The highest BCUT2D eigenvalue weighted by Crippen LogP contribution is 2.36. The van der Waals surface area contributed by atoms with Crippen LogP contribution in [0.5, 0.6) is 0 Å². The summed E-state index contributed by atoms with van der Waals surface area (Å²) in [5.41, 5.74) is 5.24. The summed E-state index contributed by atoms with van der Waals surface area (Å²) in [7, 11) is 1.34. The average molecular weight is 455 g/mol. The van der Waals surface area contributed by atoms with E-state index in [1.54, 1.807) is 0 Å². The molecule has 0 spiro atoms. The number of carbonyl (C=O) groups excluding carboxylic acids is 1. The molecule has 0 unspecified atom stereocenters. The van der Waals surface area contributed by atoms with E-state index in [2.05, 4.69) is 0 Å². The normalized spacial score (nSPS) is 40.5. The number of guanidine groups is 1. The summed E-state index contributed by atoms with van der Waals surface area (Å²) in [4.78, 5) is 13.1. The van der Waals surface area contributed by atoms with Crippen LogP contribution >= 0.6 is 0 Å². The standard InChI is InChI=1S/C16H29N3O12/c1-19(15(17)18)2-8(22)28-5-16(13(27)10(24)7(4-21)30-16)31-14-12(26)11(25)9(23)6(3-20)29-14/h6-7,9-14,20-21,23-27H,2-5H2,1H3,(H3,17,18)/t6-,7-,9-,10-,11+,12-,13+,14-,16+/m1/s1. The molecule has 180 valence electrons. The monoisotopic (exact) mass is 455 g/mol. The van der Waals surface area contributed by atoms with Gasteiger partial charge in [0.2, 0.25) is 5.79 Å². The molecule has 2 fully saturated rings. The smallest absolute Gasteiger partial charge is 0.325 e. The second-order valence-electron chi connectivity index (χ2n) is 7.30. The number of nitrogens with two attached hydrogens (primary N) is 1. The number of aliphatic hydroxyl groups is 7. The predicted octanol–water partition coefficient (Wildman–Crippen LogP) is -6.02. The number of nitrogens with one attached hydrogen (secondary N) is 1. The number of esters is 1. The molecule has 2 saturated heterocycles. The molecule has 0 saturated carbocycles. The number of carbonyl (C=O) groups is 1. The maximum Gasteiger partial charge on any atom is 0.325 e. The molecule has 9 atom stereocenters. The van der Waals surface area contributed by atoms with Crippen molar-refractivity contribution in [2.45, 2.75) is 54.8 Å². The van der Waals surface area contributed by atoms with Crippen LogP contribution in [0.4, 0.5) is 0 Å². The zero-order valence-electron chi connectivity index (χ0n) is 16.6. The summed E-state index contributed by atoms with van der Waals surface area (Å²) in [6.07, 6.45) is -13.5. The van der Waals surface area contributed by atoms with Gasteiger partial charge in [-0.25, -0.2) is 0 Å². The first-order chi connectivity index (χ1) is 14.5. The van der Waals surface area contributed by atoms with Crippen LogP contribution in [0, 0.1) is 5.41 Å². The lowest BCUT2D eigenvalue weighted by molar-refractivity contribution is -0.383. The van der Waals surface area contributed by atoms with Crippen molar-refractivity contribution in [3.63, 3.8) is 0 Å². The highest BCUT2D eigenvalue weighted by molar-refractivity contribution is 5.80. The Morgan fingerprint density at radius 3 is 2.19 bits per heavy atom. The number of hydrogen-bond donors (Lipinski definition) is 9. The van der Waals surface area contributed by atoms with Crippen LogP contribution in [0.25, 0.3) is 0 Å². The van der Waals surface area contributed by atoms with E-state index in [9.17, 15) is 40.5 Å². The first kappa shape index (κ1) is 25.6. The van der Waals surface area contributed by atoms with Crippen molar-refractivity contribution in [2.24, 2.45) is 5.73 Å². The molecule has 15 heteroatoms. The quantitative estimate of drug-likeness (QED) is 0.0939. The van der Waals surface area contributed by atoms with Gasteiger partial charge in [0, 0.05) is 7.05 Å². The van der Waals surface area contributed by atoms with Gasteiger partial charge >= 0.3 is 5.97 Å².